The van der Waals surface area contributed by atoms with Crippen LogP contribution < -0.4 is 5.32 Å². The Kier molecular flexibility index (Phi) is 3.41. The Bertz CT molecular complexity index is 373. The Labute approximate surface area is 94.8 Å². The van der Waals surface area contributed by atoms with E-state index in [0.29, 0.717) is 5.56 Å². The van der Waals surface area contributed by atoms with Crippen molar-refractivity contribution in [3.63, 3.8) is 0 Å². The summed E-state index contributed by atoms with van der Waals surface area (Å²) in [4.78, 5) is 0. The van der Waals surface area contributed by atoms with Crippen molar-refractivity contribution in [2.24, 2.45) is 0 Å². The molecule has 3 N–H and O–H groups in total. The molecule has 0 bridgehead atoms. The fourth-order valence-electron chi connectivity index (χ4n) is 1.83. The molecule has 4 nitrogen and oxygen atoms in total. The van der Waals surface area contributed by atoms with Crippen molar-refractivity contribution in [1.82, 2.24) is 0 Å². The summed E-state index contributed by atoms with van der Waals surface area (Å²) in [5.41, 5.74) is 1.51. The fraction of sp³-hybridized carbons (Fsp3) is 0.417. The van der Waals surface area contributed by atoms with Gasteiger partial charge in [-0.05, 0) is 37.5 Å². The van der Waals surface area contributed by atoms with Crippen LogP contribution in [0.3, 0.4) is 0 Å². The number of ether oxygens (including phenoxy) is 1. The lowest BCUT2D eigenvalue weighted by atomic mass is 10.1. The molecule has 0 radical (unpaired) electrons. The maximum atomic E-state index is 9.31. The van der Waals surface area contributed by atoms with Crippen molar-refractivity contribution in [2.45, 2.75) is 25.5 Å². The van der Waals surface area contributed by atoms with Gasteiger partial charge in [0.15, 0.2) is 0 Å². The maximum Gasteiger partial charge on any atom is 0.127 e. The molecule has 0 aliphatic carbocycles. The van der Waals surface area contributed by atoms with Gasteiger partial charge in [0.1, 0.15) is 12.0 Å². The zero-order valence-corrected chi connectivity index (χ0v) is 9.07. The average molecular weight is 220 g/mol. The van der Waals surface area contributed by atoms with E-state index in [-0.39, 0.29) is 12.0 Å². The summed E-state index contributed by atoms with van der Waals surface area (Å²) in [6, 6.07) is 4.95. The summed E-state index contributed by atoms with van der Waals surface area (Å²) in [7, 11) is 0. The third-order valence-corrected chi connectivity index (χ3v) is 2.69. The van der Waals surface area contributed by atoms with Crippen LogP contribution in [0, 0.1) is 5.41 Å². The minimum atomic E-state index is 0.0250. The molecule has 1 aliphatic rings. The van der Waals surface area contributed by atoms with Crippen molar-refractivity contribution in [3.05, 3.63) is 23.8 Å². The average Bonchev–Trinajstić information content (AvgIpc) is 2.33. The number of hydrogen-bond donors (Lipinski definition) is 3. The minimum Gasteiger partial charge on any atom is -0.508 e. The molecule has 0 saturated carbocycles. The molecule has 0 spiro atoms. The van der Waals surface area contributed by atoms with Gasteiger partial charge >= 0.3 is 0 Å². The number of hydrogen-bond acceptors (Lipinski definition) is 4. The first-order chi connectivity index (χ1) is 7.79. The van der Waals surface area contributed by atoms with Gasteiger partial charge in [0, 0.05) is 24.1 Å². The Morgan fingerprint density at radius 2 is 2.31 bits per heavy atom. The summed E-state index contributed by atoms with van der Waals surface area (Å²) < 4.78 is 5.56. The van der Waals surface area contributed by atoms with E-state index in [0.717, 1.165) is 31.6 Å². The first-order valence-electron chi connectivity index (χ1n) is 5.51. The molecule has 0 amide bonds. The summed E-state index contributed by atoms with van der Waals surface area (Å²) in [5.74, 6) is 0.175. The van der Waals surface area contributed by atoms with E-state index in [9.17, 15) is 5.11 Å². The molecule has 4 heteroatoms. The molecular formula is C12H16N2O2. The highest BCUT2D eigenvalue weighted by atomic mass is 16.5. The predicted molar refractivity (Wildman–Crippen MR) is 63.2 cm³/mol. The van der Waals surface area contributed by atoms with Crippen LogP contribution in [0.2, 0.25) is 0 Å². The Morgan fingerprint density at radius 3 is 3.00 bits per heavy atom. The predicted octanol–water partition coefficient (Wildman–Crippen LogP) is 2.33. The number of rotatable bonds is 3. The SMILES string of the molecule is N=Cc1cc(O)ccc1NC1CCCCO1. The molecule has 1 aromatic rings. The molecular weight excluding hydrogens is 204 g/mol. The second kappa shape index (κ2) is 4.99. The number of anilines is 1. The van der Waals surface area contributed by atoms with Crippen molar-refractivity contribution in [2.75, 3.05) is 11.9 Å². The monoisotopic (exact) mass is 220 g/mol. The second-order valence-corrected chi connectivity index (χ2v) is 3.92. The van der Waals surface area contributed by atoms with Gasteiger partial charge in [0.25, 0.3) is 0 Å². The molecule has 1 saturated heterocycles. The fourth-order valence-corrected chi connectivity index (χ4v) is 1.83. The van der Waals surface area contributed by atoms with Gasteiger partial charge in [-0.15, -0.1) is 0 Å². The molecule has 16 heavy (non-hydrogen) atoms. The quantitative estimate of drug-likeness (QED) is 0.541. The first-order valence-corrected chi connectivity index (χ1v) is 5.51. The van der Waals surface area contributed by atoms with E-state index in [4.69, 9.17) is 10.1 Å². The van der Waals surface area contributed by atoms with E-state index in [1.54, 1.807) is 18.2 Å². The van der Waals surface area contributed by atoms with Crippen LogP contribution >= 0.6 is 0 Å². The summed E-state index contributed by atoms with van der Waals surface area (Å²) >= 11 is 0. The second-order valence-electron chi connectivity index (χ2n) is 3.92. The molecule has 1 atom stereocenters. The zero-order chi connectivity index (χ0) is 11.4. The number of phenolic OH excluding ortho intramolecular Hbond substituents is 1. The van der Waals surface area contributed by atoms with Gasteiger partial charge in [0.05, 0.1) is 0 Å². The van der Waals surface area contributed by atoms with Crippen molar-refractivity contribution < 1.29 is 9.84 Å². The van der Waals surface area contributed by atoms with Crippen LogP contribution in [0.4, 0.5) is 5.69 Å². The van der Waals surface area contributed by atoms with Crippen LogP contribution in [0.1, 0.15) is 24.8 Å². The summed E-state index contributed by atoms with van der Waals surface area (Å²) in [6.07, 6.45) is 4.52. The third kappa shape index (κ3) is 2.52. The minimum absolute atomic E-state index is 0.0250. The van der Waals surface area contributed by atoms with E-state index in [1.807, 2.05) is 0 Å². The number of benzene rings is 1. The Hall–Kier alpha value is -1.55. The highest BCUT2D eigenvalue weighted by Crippen LogP contribution is 2.22. The summed E-state index contributed by atoms with van der Waals surface area (Å²) in [6.45, 7) is 0.787. The molecule has 1 unspecified atom stereocenters. The van der Waals surface area contributed by atoms with Crippen molar-refractivity contribution >= 4 is 11.9 Å². The third-order valence-electron chi connectivity index (χ3n) is 2.69. The van der Waals surface area contributed by atoms with E-state index >= 15 is 0 Å². The van der Waals surface area contributed by atoms with Crippen LogP contribution in [-0.2, 0) is 4.74 Å². The highest BCUT2D eigenvalue weighted by molar-refractivity contribution is 5.86. The number of aromatic hydroxyl groups is 1. The lowest BCUT2D eigenvalue weighted by Crippen LogP contribution is -2.27. The topological polar surface area (TPSA) is 65.3 Å². The van der Waals surface area contributed by atoms with Crippen molar-refractivity contribution in [3.8, 4) is 5.75 Å². The normalized spacial score (nSPS) is 20.4. The molecule has 1 fully saturated rings. The number of nitrogens with one attached hydrogen (secondary N) is 2. The van der Waals surface area contributed by atoms with Gasteiger partial charge in [0.2, 0.25) is 0 Å². The standard InChI is InChI=1S/C12H16N2O2/c13-8-9-7-10(15)4-5-11(9)14-12-3-1-2-6-16-12/h4-5,7-8,12-15H,1-3,6H2. The van der Waals surface area contributed by atoms with Gasteiger partial charge < -0.3 is 20.6 Å². The van der Waals surface area contributed by atoms with Gasteiger partial charge in [-0.1, -0.05) is 0 Å². The van der Waals surface area contributed by atoms with Gasteiger partial charge in [-0.25, -0.2) is 0 Å². The maximum absolute atomic E-state index is 9.31. The zero-order valence-electron chi connectivity index (χ0n) is 9.07. The van der Waals surface area contributed by atoms with E-state index < -0.39 is 0 Å². The van der Waals surface area contributed by atoms with Crippen LogP contribution in [0.15, 0.2) is 18.2 Å². The molecule has 0 aromatic heterocycles. The van der Waals surface area contributed by atoms with Gasteiger partial charge in [-0.2, -0.15) is 0 Å². The largest absolute Gasteiger partial charge is 0.508 e. The molecule has 1 aromatic carbocycles. The van der Waals surface area contributed by atoms with Crippen LogP contribution in [0.5, 0.6) is 5.75 Å². The first kappa shape index (κ1) is 11.0. The number of phenols is 1. The molecule has 1 aliphatic heterocycles. The molecule has 1 heterocycles. The smallest absolute Gasteiger partial charge is 0.127 e. The molecule has 86 valence electrons. The van der Waals surface area contributed by atoms with Gasteiger partial charge in [-0.3, -0.25) is 0 Å². The molecule has 2 rings (SSSR count). The lowest BCUT2D eigenvalue weighted by Gasteiger charge is -2.25. The van der Waals surface area contributed by atoms with Crippen molar-refractivity contribution in [1.29, 1.82) is 5.41 Å². The Balaban J connectivity index is 2.10. The van der Waals surface area contributed by atoms with Crippen LogP contribution in [0.25, 0.3) is 0 Å². The van der Waals surface area contributed by atoms with Crippen LogP contribution in [-0.4, -0.2) is 24.2 Å². The van der Waals surface area contributed by atoms with E-state index in [1.165, 1.54) is 6.21 Å². The lowest BCUT2D eigenvalue weighted by molar-refractivity contribution is 0.0343. The Morgan fingerprint density at radius 1 is 1.44 bits per heavy atom. The summed E-state index contributed by atoms with van der Waals surface area (Å²) in [5, 5.41) is 19.8. The highest BCUT2D eigenvalue weighted by Gasteiger charge is 2.14. The van der Waals surface area contributed by atoms with E-state index in [2.05, 4.69) is 5.32 Å².